The summed E-state index contributed by atoms with van der Waals surface area (Å²) in [4.78, 5) is 8.13. The van der Waals surface area contributed by atoms with Crippen LogP contribution in [0.1, 0.15) is 0 Å². The van der Waals surface area contributed by atoms with Crippen molar-refractivity contribution in [1.29, 1.82) is 0 Å². The molecule has 0 unspecified atom stereocenters. The van der Waals surface area contributed by atoms with E-state index >= 15 is 0 Å². The topological polar surface area (TPSA) is 73.1 Å². The lowest BCUT2D eigenvalue weighted by atomic mass is 10.2. The molecular formula is C11H12N4O. The van der Waals surface area contributed by atoms with Crippen LogP contribution in [-0.4, -0.2) is 17.1 Å². The number of nitrogen functional groups attached to an aromatic ring is 1. The van der Waals surface area contributed by atoms with Crippen LogP contribution in [0.3, 0.4) is 0 Å². The van der Waals surface area contributed by atoms with E-state index in [4.69, 9.17) is 10.5 Å². The molecule has 16 heavy (non-hydrogen) atoms. The van der Waals surface area contributed by atoms with Crippen LogP contribution in [0.15, 0.2) is 36.7 Å². The summed E-state index contributed by atoms with van der Waals surface area (Å²) in [5.74, 6) is 1.18. The zero-order valence-electron chi connectivity index (χ0n) is 8.84. The molecular weight excluding hydrogens is 204 g/mol. The average molecular weight is 216 g/mol. The number of nitrogens with two attached hydrogens (primary N) is 1. The second kappa shape index (κ2) is 4.48. The van der Waals surface area contributed by atoms with Crippen molar-refractivity contribution in [3.05, 3.63) is 36.7 Å². The quantitative estimate of drug-likeness (QED) is 0.765. The molecule has 0 aliphatic heterocycles. The Morgan fingerprint density at radius 1 is 1.25 bits per heavy atom. The fourth-order valence-corrected chi connectivity index (χ4v) is 1.30. The van der Waals surface area contributed by atoms with Crippen molar-refractivity contribution in [1.82, 2.24) is 9.97 Å². The van der Waals surface area contributed by atoms with E-state index in [1.807, 2.05) is 6.07 Å². The summed E-state index contributed by atoms with van der Waals surface area (Å²) < 4.78 is 5.20. The minimum absolute atomic E-state index is 0.519. The molecule has 1 aromatic heterocycles. The van der Waals surface area contributed by atoms with Crippen molar-refractivity contribution in [2.75, 3.05) is 18.2 Å². The van der Waals surface area contributed by atoms with Gasteiger partial charge < -0.3 is 15.8 Å². The molecule has 0 aliphatic rings. The summed E-state index contributed by atoms with van der Waals surface area (Å²) in [6.07, 6.45) is 3.33. The Labute approximate surface area is 93.3 Å². The maximum absolute atomic E-state index is 5.66. The number of anilines is 3. The summed E-state index contributed by atoms with van der Waals surface area (Å²) in [5.41, 5.74) is 7.09. The van der Waals surface area contributed by atoms with Gasteiger partial charge in [-0.1, -0.05) is 0 Å². The van der Waals surface area contributed by atoms with Gasteiger partial charge >= 0.3 is 0 Å². The molecule has 1 aromatic carbocycles. The highest BCUT2D eigenvalue weighted by Crippen LogP contribution is 2.28. The zero-order chi connectivity index (χ0) is 11.4. The molecule has 82 valence electrons. The first-order chi connectivity index (χ1) is 7.79. The largest absolute Gasteiger partial charge is 0.494 e. The standard InChI is InChI=1S/C11H12N4O/c1-16-10-7-8(12)3-4-9(10)15-11-13-5-2-6-14-11/h2-7H,12H2,1H3,(H,13,14,15). The van der Waals surface area contributed by atoms with Crippen molar-refractivity contribution in [2.24, 2.45) is 0 Å². The minimum Gasteiger partial charge on any atom is -0.494 e. The molecule has 0 fully saturated rings. The third-order valence-electron chi connectivity index (χ3n) is 2.04. The predicted molar refractivity (Wildman–Crippen MR) is 62.7 cm³/mol. The van der Waals surface area contributed by atoms with Gasteiger partial charge in [-0.05, 0) is 18.2 Å². The fourth-order valence-electron chi connectivity index (χ4n) is 1.30. The van der Waals surface area contributed by atoms with Crippen molar-refractivity contribution in [2.45, 2.75) is 0 Å². The van der Waals surface area contributed by atoms with Gasteiger partial charge in [-0.3, -0.25) is 0 Å². The molecule has 0 atom stereocenters. The van der Waals surface area contributed by atoms with Gasteiger partial charge in [0.05, 0.1) is 12.8 Å². The Hall–Kier alpha value is -2.30. The minimum atomic E-state index is 0.519. The highest BCUT2D eigenvalue weighted by atomic mass is 16.5. The van der Waals surface area contributed by atoms with E-state index < -0.39 is 0 Å². The maximum atomic E-state index is 5.66. The molecule has 0 amide bonds. The van der Waals surface area contributed by atoms with Gasteiger partial charge in [0, 0.05) is 24.1 Å². The molecule has 0 radical (unpaired) electrons. The van der Waals surface area contributed by atoms with E-state index in [0.29, 0.717) is 17.4 Å². The van der Waals surface area contributed by atoms with Crippen LogP contribution < -0.4 is 15.8 Å². The first-order valence-electron chi connectivity index (χ1n) is 4.77. The lowest BCUT2D eigenvalue weighted by Gasteiger charge is -2.10. The molecule has 0 spiro atoms. The number of benzene rings is 1. The Balaban J connectivity index is 2.28. The normalized spacial score (nSPS) is 9.81. The second-order valence-electron chi connectivity index (χ2n) is 3.16. The average Bonchev–Trinajstić information content (AvgIpc) is 2.33. The van der Waals surface area contributed by atoms with Crippen LogP contribution in [0.5, 0.6) is 5.75 Å². The molecule has 2 rings (SSSR count). The number of hydrogen-bond acceptors (Lipinski definition) is 5. The van der Waals surface area contributed by atoms with E-state index in [1.54, 1.807) is 37.7 Å². The van der Waals surface area contributed by atoms with Gasteiger partial charge in [-0.15, -0.1) is 0 Å². The van der Waals surface area contributed by atoms with E-state index in [1.165, 1.54) is 0 Å². The number of nitrogens with zero attached hydrogens (tertiary/aromatic N) is 2. The zero-order valence-corrected chi connectivity index (χ0v) is 8.84. The van der Waals surface area contributed by atoms with Gasteiger partial charge in [0.2, 0.25) is 5.95 Å². The van der Waals surface area contributed by atoms with Gasteiger partial charge in [0.1, 0.15) is 5.75 Å². The molecule has 0 bridgehead atoms. The Morgan fingerprint density at radius 3 is 2.69 bits per heavy atom. The molecule has 0 saturated carbocycles. The smallest absolute Gasteiger partial charge is 0.227 e. The lowest BCUT2D eigenvalue weighted by molar-refractivity contribution is 0.417. The Kier molecular flexibility index (Phi) is 2.86. The van der Waals surface area contributed by atoms with Gasteiger partial charge in [-0.2, -0.15) is 0 Å². The number of methoxy groups -OCH3 is 1. The van der Waals surface area contributed by atoms with Crippen molar-refractivity contribution < 1.29 is 4.74 Å². The summed E-state index contributed by atoms with van der Waals surface area (Å²) in [7, 11) is 1.59. The van der Waals surface area contributed by atoms with Crippen LogP contribution in [0.2, 0.25) is 0 Å². The van der Waals surface area contributed by atoms with Crippen molar-refractivity contribution in [3.8, 4) is 5.75 Å². The van der Waals surface area contributed by atoms with Crippen LogP contribution in [0, 0.1) is 0 Å². The highest BCUT2D eigenvalue weighted by molar-refractivity contribution is 5.66. The van der Waals surface area contributed by atoms with Crippen molar-refractivity contribution in [3.63, 3.8) is 0 Å². The van der Waals surface area contributed by atoms with E-state index in [-0.39, 0.29) is 0 Å². The van der Waals surface area contributed by atoms with Crippen LogP contribution in [-0.2, 0) is 0 Å². The Bertz CT molecular complexity index is 473. The number of hydrogen-bond donors (Lipinski definition) is 2. The van der Waals surface area contributed by atoms with Gasteiger partial charge in [0.15, 0.2) is 0 Å². The lowest BCUT2D eigenvalue weighted by Crippen LogP contribution is -1.99. The molecule has 2 aromatic rings. The molecule has 1 heterocycles. The van der Waals surface area contributed by atoms with Crippen LogP contribution >= 0.6 is 0 Å². The van der Waals surface area contributed by atoms with Gasteiger partial charge in [0.25, 0.3) is 0 Å². The maximum Gasteiger partial charge on any atom is 0.227 e. The first-order valence-corrected chi connectivity index (χ1v) is 4.77. The van der Waals surface area contributed by atoms with Gasteiger partial charge in [-0.25, -0.2) is 9.97 Å². The summed E-state index contributed by atoms with van der Waals surface area (Å²) in [6.45, 7) is 0. The predicted octanol–water partition coefficient (Wildman–Crippen LogP) is 1.81. The third-order valence-corrected chi connectivity index (χ3v) is 2.04. The summed E-state index contributed by atoms with van der Waals surface area (Å²) in [5, 5.41) is 3.05. The fraction of sp³-hybridized carbons (Fsp3) is 0.0909. The first kappa shape index (κ1) is 10.2. The summed E-state index contributed by atoms with van der Waals surface area (Å²) in [6, 6.07) is 7.11. The Morgan fingerprint density at radius 2 is 2.00 bits per heavy atom. The van der Waals surface area contributed by atoms with E-state index in [0.717, 1.165) is 5.69 Å². The van der Waals surface area contributed by atoms with E-state index in [9.17, 15) is 0 Å². The monoisotopic (exact) mass is 216 g/mol. The second-order valence-corrected chi connectivity index (χ2v) is 3.16. The number of nitrogens with one attached hydrogen (secondary N) is 1. The van der Waals surface area contributed by atoms with Crippen molar-refractivity contribution >= 4 is 17.3 Å². The van der Waals surface area contributed by atoms with E-state index in [2.05, 4.69) is 15.3 Å². The third kappa shape index (κ3) is 2.20. The molecule has 0 saturated heterocycles. The SMILES string of the molecule is COc1cc(N)ccc1Nc1ncccn1. The van der Waals surface area contributed by atoms with Crippen LogP contribution in [0.25, 0.3) is 0 Å². The molecule has 3 N–H and O–H groups in total. The molecule has 5 heteroatoms. The van der Waals surface area contributed by atoms with Crippen LogP contribution in [0.4, 0.5) is 17.3 Å². The highest BCUT2D eigenvalue weighted by Gasteiger charge is 2.04. The number of rotatable bonds is 3. The number of aromatic nitrogens is 2. The molecule has 0 aliphatic carbocycles. The summed E-state index contributed by atoms with van der Waals surface area (Å²) >= 11 is 0. The number of ether oxygens (including phenoxy) is 1. The molecule has 5 nitrogen and oxygen atoms in total.